The van der Waals surface area contributed by atoms with E-state index in [0.717, 1.165) is 43.3 Å². The number of hydrogen-bond donors (Lipinski definition) is 0. The normalized spacial score (nSPS) is 14.9. The molecule has 0 aliphatic carbocycles. The summed E-state index contributed by atoms with van der Waals surface area (Å²) in [6.07, 6.45) is -0.667. The fourth-order valence-electron chi connectivity index (χ4n) is 4.96. The standard InChI is InChI=1S/C27H28Cl2F3N3O2/c1-15-11-22(27(30,31)32)33-25-16(2)13-35(26(15)25)14-20-21(28)6-5-19(24(20)29)17(3)34-9-7-18(8-10-34)12-23(36)37-4/h5-6,11,13,18H,3,7-10,12,14H2,1-2,4H3. The van der Waals surface area contributed by atoms with E-state index in [1.54, 1.807) is 26.1 Å². The second kappa shape index (κ2) is 10.6. The molecule has 1 saturated heterocycles. The van der Waals surface area contributed by atoms with Crippen LogP contribution in [0.15, 0.2) is 31.0 Å². The molecule has 0 spiro atoms. The molecule has 3 heterocycles. The number of piperidine rings is 1. The Labute approximate surface area is 223 Å². The number of methoxy groups -OCH3 is 1. The number of fused-ring (bicyclic) bond motifs is 1. The molecule has 0 bridgehead atoms. The van der Waals surface area contributed by atoms with E-state index in [1.807, 2.05) is 10.6 Å². The van der Waals surface area contributed by atoms with Crippen LogP contribution in [0.3, 0.4) is 0 Å². The molecule has 0 atom stereocenters. The van der Waals surface area contributed by atoms with E-state index in [1.165, 1.54) is 7.11 Å². The molecule has 0 saturated carbocycles. The van der Waals surface area contributed by atoms with Gasteiger partial charge in [0.2, 0.25) is 0 Å². The predicted molar refractivity (Wildman–Crippen MR) is 140 cm³/mol. The van der Waals surface area contributed by atoms with Crippen molar-refractivity contribution in [3.8, 4) is 0 Å². The van der Waals surface area contributed by atoms with Gasteiger partial charge >= 0.3 is 12.1 Å². The second-order valence-corrected chi connectivity index (χ2v) is 10.3. The molecule has 0 radical (unpaired) electrons. The first-order valence-electron chi connectivity index (χ1n) is 11.9. The number of esters is 1. The molecule has 1 fully saturated rings. The minimum atomic E-state index is -4.53. The molecule has 2 aromatic heterocycles. The molecular formula is C27H28Cl2F3N3O2. The first kappa shape index (κ1) is 27.3. The second-order valence-electron chi connectivity index (χ2n) is 9.50. The van der Waals surface area contributed by atoms with Crippen molar-refractivity contribution in [3.05, 3.63) is 69.0 Å². The first-order valence-corrected chi connectivity index (χ1v) is 12.7. The van der Waals surface area contributed by atoms with Crippen LogP contribution < -0.4 is 0 Å². The molecule has 3 aromatic rings. The third-order valence-corrected chi connectivity index (χ3v) is 7.77. The lowest BCUT2D eigenvalue weighted by atomic mass is 9.93. The third kappa shape index (κ3) is 5.60. The number of hydrogen-bond acceptors (Lipinski definition) is 4. The van der Waals surface area contributed by atoms with Crippen molar-refractivity contribution in [1.82, 2.24) is 14.5 Å². The lowest BCUT2D eigenvalue weighted by Gasteiger charge is -2.35. The van der Waals surface area contributed by atoms with Gasteiger partial charge in [-0.3, -0.25) is 4.79 Å². The van der Waals surface area contributed by atoms with Crippen LogP contribution in [0.25, 0.3) is 16.7 Å². The van der Waals surface area contributed by atoms with E-state index in [-0.39, 0.29) is 18.4 Å². The van der Waals surface area contributed by atoms with Crippen LogP contribution in [-0.4, -0.2) is 40.6 Å². The van der Waals surface area contributed by atoms with Gasteiger partial charge in [0.1, 0.15) is 5.69 Å². The maximum absolute atomic E-state index is 13.3. The number of likely N-dealkylation sites (tertiary alicyclic amines) is 1. The molecular weight excluding hydrogens is 526 g/mol. The summed E-state index contributed by atoms with van der Waals surface area (Å²) < 4.78 is 46.6. The quantitative estimate of drug-likeness (QED) is 0.301. The number of ether oxygens (including phenoxy) is 1. The monoisotopic (exact) mass is 553 g/mol. The lowest BCUT2D eigenvalue weighted by molar-refractivity contribution is -0.142. The number of halogens is 5. The van der Waals surface area contributed by atoms with Crippen LogP contribution in [0.1, 0.15) is 47.2 Å². The SMILES string of the molecule is C=C(c1ccc(Cl)c(Cn2cc(C)c3nc(C(F)(F)F)cc(C)c32)c1Cl)N1CCC(CC(=O)OC)CC1. The van der Waals surface area contributed by atoms with E-state index in [2.05, 4.69) is 16.5 Å². The predicted octanol–water partition coefficient (Wildman–Crippen LogP) is 7.27. The van der Waals surface area contributed by atoms with E-state index in [9.17, 15) is 18.0 Å². The summed E-state index contributed by atoms with van der Waals surface area (Å²) in [6, 6.07) is 4.65. The maximum atomic E-state index is 13.3. The van der Waals surface area contributed by atoms with Crippen molar-refractivity contribution in [3.63, 3.8) is 0 Å². The van der Waals surface area contributed by atoms with Gasteiger partial charge in [-0.05, 0) is 61.9 Å². The molecule has 1 aliphatic heterocycles. The third-order valence-electron chi connectivity index (χ3n) is 6.99. The molecule has 37 heavy (non-hydrogen) atoms. The minimum absolute atomic E-state index is 0.199. The summed E-state index contributed by atoms with van der Waals surface area (Å²) in [5, 5.41) is 0.904. The Hall–Kier alpha value is -2.71. The first-order chi connectivity index (χ1) is 17.4. The number of benzene rings is 1. The summed E-state index contributed by atoms with van der Waals surface area (Å²) in [5.41, 5.74) is 3.25. The van der Waals surface area contributed by atoms with E-state index in [4.69, 9.17) is 27.9 Å². The summed E-state index contributed by atoms with van der Waals surface area (Å²) in [6.45, 7) is 9.39. The van der Waals surface area contributed by atoms with Crippen molar-refractivity contribution in [2.24, 2.45) is 5.92 Å². The number of carbonyl (C=O) groups is 1. The number of alkyl halides is 3. The van der Waals surface area contributed by atoms with Crippen molar-refractivity contribution in [1.29, 1.82) is 0 Å². The summed E-state index contributed by atoms with van der Waals surface area (Å²) in [7, 11) is 1.40. The van der Waals surface area contributed by atoms with Crippen LogP contribution in [-0.2, 0) is 22.3 Å². The van der Waals surface area contributed by atoms with Crippen molar-refractivity contribution >= 4 is 45.9 Å². The Morgan fingerprint density at radius 2 is 1.86 bits per heavy atom. The van der Waals surface area contributed by atoms with Gasteiger partial charge in [-0.2, -0.15) is 13.2 Å². The largest absolute Gasteiger partial charge is 0.469 e. The van der Waals surface area contributed by atoms with Gasteiger partial charge in [0.15, 0.2) is 0 Å². The highest BCUT2D eigenvalue weighted by molar-refractivity contribution is 6.37. The van der Waals surface area contributed by atoms with Gasteiger partial charge in [0.25, 0.3) is 0 Å². The number of pyridine rings is 1. The zero-order valence-corrected chi connectivity index (χ0v) is 22.4. The van der Waals surface area contributed by atoms with Gasteiger partial charge < -0.3 is 14.2 Å². The molecule has 0 amide bonds. The molecule has 198 valence electrons. The minimum Gasteiger partial charge on any atom is -0.469 e. The van der Waals surface area contributed by atoms with Crippen LogP contribution >= 0.6 is 23.2 Å². The van der Waals surface area contributed by atoms with Crippen LogP contribution in [0.4, 0.5) is 13.2 Å². The molecule has 0 unspecified atom stereocenters. The maximum Gasteiger partial charge on any atom is 0.433 e. The van der Waals surface area contributed by atoms with Crippen molar-refractivity contribution in [2.75, 3.05) is 20.2 Å². The molecule has 1 aliphatic rings. The molecule has 1 aromatic carbocycles. The van der Waals surface area contributed by atoms with Gasteiger partial charge in [0, 0.05) is 47.6 Å². The highest BCUT2D eigenvalue weighted by atomic mass is 35.5. The number of nitrogens with zero attached hydrogens (tertiary/aromatic N) is 3. The molecule has 10 heteroatoms. The van der Waals surface area contributed by atoms with E-state index >= 15 is 0 Å². The van der Waals surface area contributed by atoms with E-state index in [0.29, 0.717) is 44.2 Å². The summed E-state index contributed by atoms with van der Waals surface area (Å²) >= 11 is 13.4. The summed E-state index contributed by atoms with van der Waals surface area (Å²) in [4.78, 5) is 17.6. The van der Waals surface area contributed by atoms with Gasteiger partial charge in [-0.25, -0.2) is 4.98 Å². The highest BCUT2D eigenvalue weighted by Gasteiger charge is 2.34. The number of rotatable bonds is 6. The topological polar surface area (TPSA) is 47.4 Å². The fourth-order valence-corrected chi connectivity index (χ4v) is 5.56. The van der Waals surface area contributed by atoms with Crippen LogP contribution in [0.2, 0.25) is 10.0 Å². The van der Waals surface area contributed by atoms with Crippen molar-refractivity contribution in [2.45, 2.75) is 45.8 Å². The smallest absolute Gasteiger partial charge is 0.433 e. The van der Waals surface area contributed by atoms with Crippen molar-refractivity contribution < 1.29 is 22.7 Å². The van der Waals surface area contributed by atoms with Gasteiger partial charge in [-0.15, -0.1) is 0 Å². The Kier molecular flexibility index (Phi) is 7.81. The lowest BCUT2D eigenvalue weighted by Crippen LogP contribution is -2.33. The zero-order chi connectivity index (χ0) is 27.1. The van der Waals surface area contributed by atoms with E-state index < -0.39 is 11.9 Å². The Balaban J connectivity index is 1.61. The van der Waals surface area contributed by atoms with Crippen LogP contribution in [0, 0.1) is 19.8 Å². The Morgan fingerprint density at radius 1 is 1.19 bits per heavy atom. The number of carbonyl (C=O) groups excluding carboxylic acids is 1. The molecule has 5 nitrogen and oxygen atoms in total. The summed E-state index contributed by atoms with van der Waals surface area (Å²) in [5.74, 6) is 0.0724. The average Bonchev–Trinajstić information content (AvgIpc) is 3.17. The molecule has 0 N–H and O–H groups in total. The highest BCUT2D eigenvalue weighted by Crippen LogP contribution is 2.37. The van der Waals surface area contributed by atoms with Gasteiger partial charge in [-0.1, -0.05) is 29.8 Å². The Morgan fingerprint density at radius 3 is 2.49 bits per heavy atom. The Bertz CT molecular complexity index is 1360. The fraction of sp³-hybridized carbons (Fsp3) is 0.407. The average molecular weight is 554 g/mol. The zero-order valence-electron chi connectivity index (χ0n) is 20.9. The van der Waals surface area contributed by atoms with Gasteiger partial charge in [0.05, 0.1) is 29.7 Å². The van der Waals surface area contributed by atoms with Crippen LogP contribution in [0.5, 0.6) is 0 Å². The number of aryl methyl sites for hydroxylation is 2. The number of aromatic nitrogens is 2. The molecule has 4 rings (SSSR count).